The lowest BCUT2D eigenvalue weighted by molar-refractivity contribution is -0.140. The van der Waals surface area contributed by atoms with Gasteiger partial charge in [-0.2, -0.15) is 0 Å². The number of aryl methyl sites for hydroxylation is 1. The van der Waals surface area contributed by atoms with Gasteiger partial charge < -0.3 is 20.6 Å². The summed E-state index contributed by atoms with van der Waals surface area (Å²) >= 11 is 0. The van der Waals surface area contributed by atoms with Crippen molar-refractivity contribution in [1.29, 1.82) is 0 Å². The number of anilines is 1. The largest absolute Gasteiger partial charge is 0.504 e. The summed E-state index contributed by atoms with van der Waals surface area (Å²) in [5.74, 6) is -1.31. The Hall–Kier alpha value is -1.82. The molecular weight excluding hydrogens is 212 g/mol. The molecule has 0 unspecified atom stereocenters. The second-order valence-electron chi connectivity index (χ2n) is 3.49. The fraction of sp³-hybridized carbons (Fsp3) is 0.400. The summed E-state index contributed by atoms with van der Waals surface area (Å²) in [6, 6.07) is 0.272. The average Bonchev–Trinajstić information content (AvgIpc) is 2.19. The number of rotatable bonds is 4. The summed E-state index contributed by atoms with van der Waals surface area (Å²) in [6.45, 7) is 2.95. The summed E-state index contributed by atoms with van der Waals surface area (Å²) in [7, 11) is 0. The van der Waals surface area contributed by atoms with Crippen LogP contribution in [0.1, 0.15) is 12.6 Å². The maximum absolute atomic E-state index is 10.8. The van der Waals surface area contributed by atoms with Crippen LogP contribution in [0.25, 0.3) is 0 Å². The first kappa shape index (κ1) is 12.3. The molecule has 1 aromatic rings. The number of hydrogen-bond donors (Lipinski definition) is 4. The van der Waals surface area contributed by atoms with Crippen LogP contribution in [0.5, 0.6) is 5.75 Å². The minimum atomic E-state index is -1.19. The zero-order valence-electron chi connectivity index (χ0n) is 9.01. The van der Waals surface area contributed by atoms with E-state index >= 15 is 0 Å². The van der Waals surface area contributed by atoms with Crippen molar-refractivity contribution in [2.75, 3.05) is 5.32 Å². The van der Waals surface area contributed by atoms with Crippen LogP contribution in [0.3, 0.4) is 0 Å². The third kappa shape index (κ3) is 2.60. The fourth-order valence-electron chi connectivity index (χ4n) is 1.23. The van der Waals surface area contributed by atoms with Gasteiger partial charge in [0, 0.05) is 6.20 Å². The predicted octanol–water partition coefficient (Wildman–Crippen LogP) is 0.342. The number of aliphatic hydroxyl groups excluding tert-OH is 1. The number of hydrogen-bond acceptors (Lipinski definition) is 5. The highest BCUT2D eigenvalue weighted by Gasteiger charge is 2.23. The molecule has 0 aromatic carbocycles. The molecule has 2 atom stereocenters. The van der Waals surface area contributed by atoms with Crippen molar-refractivity contribution >= 4 is 11.7 Å². The number of aliphatic hydroxyl groups is 1. The van der Waals surface area contributed by atoms with Crippen LogP contribution in [0, 0.1) is 6.92 Å². The van der Waals surface area contributed by atoms with E-state index in [9.17, 15) is 15.0 Å². The lowest BCUT2D eigenvalue weighted by atomic mass is 10.1. The molecule has 16 heavy (non-hydrogen) atoms. The molecule has 1 aromatic heterocycles. The number of nitrogens with zero attached hydrogens (tertiary/aromatic N) is 1. The molecule has 1 rings (SSSR count). The monoisotopic (exact) mass is 226 g/mol. The van der Waals surface area contributed by atoms with Gasteiger partial charge in [-0.1, -0.05) is 0 Å². The number of carboxylic acid groups (broad SMARTS) is 1. The van der Waals surface area contributed by atoms with Crippen LogP contribution in [0.4, 0.5) is 5.69 Å². The minimum Gasteiger partial charge on any atom is -0.504 e. The molecule has 0 aliphatic heterocycles. The third-order valence-corrected chi connectivity index (χ3v) is 2.17. The molecule has 6 nitrogen and oxygen atoms in total. The van der Waals surface area contributed by atoms with Gasteiger partial charge in [0.2, 0.25) is 0 Å². The molecule has 0 aliphatic rings. The molecule has 88 valence electrons. The predicted molar refractivity (Wildman–Crippen MR) is 57.4 cm³/mol. The van der Waals surface area contributed by atoms with E-state index in [1.165, 1.54) is 19.2 Å². The Balaban J connectivity index is 2.94. The number of aromatic nitrogens is 1. The molecule has 0 fully saturated rings. The second kappa shape index (κ2) is 4.80. The van der Waals surface area contributed by atoms with E-state index in [1.54, 1.807) is 6.92 Å². The lowest BCUT2D eigenvalue weighted by Crippen LogP contribution is -2.39. The Morgan fingerprint density at radius 2 is 2.19 bits per heavy atom. The first-order valence-electron chi connectivity index (χ1n) is 4.75. The van der Waals surface area contributed by atoms with Crippen molar-refractivity contribution in [1.82, 2.24) is 4.98 Å². The smallest absolute Gasteiger partial charge is 0.328 e. The molecule has 0 radical (unpaired) electrons. The summed E-state index contributed by atoms with van der Waals surface area (Å²) in [4.78, 5) is 14.7. The number of pyridine rings is 1. The van der Waals surface area contributed by atoms with E-state index in [0.29, 0.717) is 5.69 Å². The highest BCUT2D eigenvalue weighted by molar-refractivity contribution is 5.79. The molecule has 0 bridgehead atoms. The topological polar surface area (TPSA) is 103 Å². The van der Waals surface area contributed by atoms with E-state index in [0.717, 1.165) is 0 Å². The van der Waals surface area contributed by atoms with Gasteiger partial charge in [0.15, 0.2) is 11.8 Å². The van der Waals surface area contributed by atoms with Gasteiger partial charge in [-0.05, 0) is 19.9 Å². The van der Waals surface area contributed by atoms with Crippen LogP contribution >= 0.6 is 0 Å². The zero-order chi connectivity index (χ0) is 12.3. The number of nitrogens with one attached hydrogen (secondary N) is 1. The SMILES string of the molecule is Cc1nccc(N[C@H](C(=O)O)[C@@H](C)O)c1O. The molecule has 1 heterocycles. The lowest BCUT2D eigenvalue weighted by Gasteiger charge is -2.19. The quantitative estimate of drug-likeness (QED) is 0.590. The second-order valence-corrected chi connectivity index (χ2v) is 3.49. The molecular formula is C10H14N2O4. The molecule has 0 saturated carbocycles. The van der Waals surface area contributed by atoms with Crippen LogP contribution in [0.2, 0.25) is 0 Å². The number of aliphatic carboxylic acids is 1. The van der Waals surface area contributed by atoms with E-state index in [4.69, 9.17) is 5.11 Å². The van der Waals surface area contributed by atoms with E-state index in [2.05, 4.69) is 10.3 Å². The molecule has 0 saturated heterocycles. The van der Waals surface area contributed by atoms with Gasteiger partial charge in [0.1, 0.15) is 0 Å². The molecule has 0 aliphatic carbocycles. The van der Waals surface area contributed by atoms with Gasteiger partial charge in [0.25, 0.3) is 0 Å². The molecule has 0 amide bonds. The van der Waals surface area contributed by atoms with Crippen molar-refractivity contribution in [3.8, 4) is 5.75 Å². The van der Waals surface area contributed by atoms with Crippen molar-refractivity contribution in [2.45, 2.75) is 26.0 Å². The van der Waals surface area contributed by atoms with Gasteiger partial charge in [-0.25, -0.2) is 4.79 Å². The summed E-state index contributed by atoms with van der Waals surface area (Å²) in [5, 5.41) is 30.3. The number of aromatic hydroxyl groups is 1. The van der Waals surface area contributed by atoms with Gasteiger partial charge in [0.05, 0.1) is 17.5 Å². The Labute approximate surface area is 92.6 Å². The Kier molecular flexibility index (Phi) is 3.68. The van der Waals surface area contributed by atoms with E-state index < -0.39 is 18.1 Å². The van der Waals surface area contributed by atoms with Crippen molar-refractivity contribution < 1.29 is 20.1 Å². The fourth-order valence-corrected chi connectivity index (χ4v) is 1.23. The van der Waals surface area contributed by atoms with Crippen LogP contribution in [-0.2, 0) is 4.79 Å². The normalized spacial score (nSPS) is 14.2. The third-order valence-electron chi connectivity index (χ3n) is 2.17. The summed E-state index contributed by atoms with van der Waals surface area (Å²) in [6.07, 6.45) is 0.364. The maximum atomic E-state index is 10.8. The first-order valence-corrected chi connectivity index (χ1v) is 4.75. The molecule has 4 N–H and O–H groups in total. The zero-order valence-corrected chi connectivity index (χ0v) is 9.01. The highest BCUT2D eigenvalue weighted by Crippen LogP contribution is 2.25. The van der Waals surface area contributed by atoms with Crippen molar-refractivity contribution in [3.63, 3.8) is 0 Å². The van der Waals surface area contributed by atoms with Crippen LogP contribution in [-0.4, -0.2) is 38.4 Å². The Morgan fingerprint density at radius 3 is 2.69 bits per heavy atom. The van der Waals surface area contributed by atoms with E-state index in [1.807, 2.05) is 0 Å². The molecule has 0 spiro atoms. The van der Waals surface area contributed by atoms with Crippen LogP contribution < -0.4 is 5.32 Å². The number of carbonyl (C=O) groups is 1. The summed E-state index contributed by atoms with van der Waals surface area (Å²) in [5.41, 5.74) is 0.625. The van der Waals surface area contributed by atoms with Crippen LogP contribution in [0.15, 0.2) is 12.3 Å². The standard InChI is InChI=1S/C10H14N2O4/c1-5-9(14)7(3-4-11-5)12-8(6(2)13)10(15)16/h3-4,6,8,13-14H,1-2H3,(H,11,12)(H,15,16)/t6-,8+/m1/s1. The molecule has 6 heteroatoms. The first-order chi connectivity index (χ1) is 7.43. The number of carboxylic acids is 1. The van der Waals surface area contributed by atoms with Crippen molar-refractivity contribution in [3.05, 3.63) is 18.0 Å². The van der Waals surface area contributed by atoms with E-state index in [-0.39, 0.29) is 11.4 Å². The van der Waals surface area contributed by atoms with Crippen molar-refractivity contribution in [2.24, 2.45) is 0 Å². The summed E-state index contributed by atoms with van der Waals surface area (Å²) < 4.78 is 0. The van der Waals surface area contributed by atoms with Gasteiger partial charge in [-0.15, -0.1) is 0 Å². The Bertz CT molecular complexity index is 392. The minimum absolute atomic E-state index is 0.116. The van der Waals surface area contributed by atoms with Gasteiger partial charge in [-0.3, -0.25) is 4.98 Å². The van der Waals surface area contributed by atoms with Gasteiger partial charge >= 0.3 is 5.97 Å². The maximum Gasteiger partial charge on any atom is 0.328 e. The Morgan fingerprint density at radius 1 is 1.56 bits per heavy atom. The average molecular weight is 226 g/mol. The highest BCUT2D eigenvalue weighted by atomic mass is 16.4.